The van der Waals surface area contributed by atoms with Gasteiger partial charge in [-0.2, -0.15) is 8.78 Å². The van der Waals surface area contributed by atoms with Crippen LogP contribution in [-0.2, 0) is 10.8 Å². The molecular weight excluding hydrogens is 408 g/mol. The second kappa shape index (κ2) is 9.86. The van der Waals surface area contributed by atoms with E-state index < -0.39 is 29.1 Å². The highest BCUT2D eigenvalue weighted by atomic mass is 19.3. The highest BCUT2D eigenvalue weighted by molar-refractivity contribution is 5.55. The van der Waals surface area contributed by atoms with Crippen molar-refractivity contribution in [2.24, 2.45) is 0 Å². The first-order valence-electron chi connectivity index (χ1n) is 10.7. The molecule has 2 nitrogen and oxygen atoms in total. The van der Waals surface area contributed by atoms with Crippen molar-refractivity contribution < 1.29 is 27.0 Å². The van der Waals surface area contributed by atoms with Crippen LogP contribution in [-0.4, -0.2) is 12.7 Å². The van der Waals surface area contributed by atoms with E-state index in [2.05, 4.69) is 13.5 Å². The van der Waals surface area contributed by atoms with Crippen LogP contribution in [0.2, 0.25) is 0 Å². The van der Waals surface area contributed by atoms with E-state index in [0.29, 0.717) is 0 Å². The van der Waals surface area contributed by atoms with Gasteiger partial charge in [-0.3, -0.25) is 0 Å². The molecule has 0 bridgehead atoms. The van der Waals surface area contributed by atoms with Crippen LogP contribution in [0, 0.1) is 18.6 Å². The van der Waals surface area contributed by atoms with Gasteiger partial charge in [0.05, 0.1) is 11.7 Å². The molecular formula is C25H28F4O2. The summed E-state index contributed by atoms with van der Waals surface area (Å²) in [4.78, 5) is 0. The molecule has 0 N–H and O–H groups in total. The van der Waals surface area contributed by atoms with Crippen LogP contribution in [0.25, 0.3) is 6.08 Å². The molecule has 0 radical (unpaired) electrons. The molecule has 0 saturated heterocycles. The van der Waals surface area contributed by atoms with Gasteiger partial charge in [-0.15, -0.1) is 0 Å². The normalized spacial score (nSPS) is 19.3. The number of hydrogen-bond acceptors (Lipinski definition) is 2. The number of rotatable bonds is 8. The molecule has 0 atom stereocenters. The van der Waals surface area contributed by atoms with E-state index in [0.717, 1.165) is 56.4 Å². The summed E-state index contributed by atoms with van der Waals surface area (Å²) in [5.74, 6) is -2.09. The number of alkyl halides is 2. The Labute approximate surface area is 180 Å². The van der Waals surface area contributed by atoms with Crippen LogP contribution in [0.15, 0.2) is 36.9 Å². The third-order valence-electron chi connectivity index (χ3n) is 5.79. The summed E-state index contributed by atoms with van der Waals surface area (Å²) in [5, 5.41) is 0. The van der Waals surface area contributed by atoms with Gasteiger partial charge >= 0.3 is 6.11 Å². The molecule has 3 rings (SSSR count). The molecule has 168 valence electrons. The van der Waals surface area contributed by atoms with Crippen LogP contribution in [0.3, 0.4) is 0 Å². The molecule has 0 amide bonds. The Bertz CT molecular complexity index is 918. The summed E-state index contributed by atoms with van der Waals surface area (Å²) in [6.45, 7) is 7.67. The van der Waals surface area contributed by atoms with Gasteiger partial charge in [-0.25, -0.2) is 8.78 Å². The molecule has 0 aliphatic heterocycles. The van der Waals surface area contributed by atoms with E-state index in [-0.39, 0.29) is 23.1 Å². The quantitative estimate of drug-likeness (QED) is 0.399. The fourth-order valence-corrected chi connectivity index (χ4v) is 4.05. The largest absolute Gasteiger partial charge is 0.427 e. The van der Waals surface area contributed by atoms with Gasteiger partial charge in [-0.05, 0) is 74.3 Å². The van der Waals surface area contributed by atoms with Crippen LogP contribution in [0.4, 0.5) is 17.6 Å². The maximum Gasteiger partial charge on any atom is 0.427 e. The third-order valence-corrected chi connectivity index (χ3v) is 5.79. The van der Waals surface area contributed by atoms with E-state index in [4.69, 9.17) is 9.47 Å². The van der Waals surface area contributed by atoms with E-state index in [1.54, 1.807) is 6.07 Å². The Morgan fingerprint density at radius 1 is 1.10 bits per heavy atom. The Balaban J connectivity index is 1.74. The molecule has 0 aromatic heterocycles. The highest BCUT2D eigenvalue weighted by Gasteiger charge is 2.38. The van der Waals surface area contributed by atoms with E-state index in [1.165, 1.54) is 25.1 Å². The Morgan fingerprint density at radius 2 is 1.81 bits per heavy atom. The fourth-order valence-electron chi connectivity index (χ4n) is 4.05. The first-order chi connectivity index (χ1) is 14.8. The molecule has 1 aliphatic rings. The fraction of sp³-hybridized carbons (Fsp3) is 0.440. The maximum absolute atomic E-state index is 14.8. The zero-order valence-electron chi connectivity index (χ0n) is 17.9. The van der Waals surface area contributed by atoms with Crippen LogP contribution in [0.5, 0.6) is 5.75 Å². The molecule has 2 aromatic carbocycles. The summed E-state index contributed by atoms with van der Waals surface area (Å²) in [5.41, 5.74) is -0.0846. The smallest absolute Gasteiger partial charge is 0.426 e. The average molecular weight is 436 g/mol. The summed E-state index contributed by atoms with van der Waals surface area (Å²) in [6, 6.07) is 6.40. The first-order valence-corrected chi connectivity index (χ1v) is 10.7. The van der Waals surface area contributed by atoms with Crippen molar-refractivity contribution in [1.82, 2.24) is 0 Å². The second-order valence-electron chi connectivity index (χ2n) is 8.01. The van der Waals surface area contributed by atoms with Crippen molar-refractivity contribution in [1.29, 1.82) is 0 Å². The predicted molar refractivity (Wildman–Crippen MR) is 113 cm³/mol. The van der Waals surface area contributed by atoms with E-state index in [1.807, 2.05) is 0 Å². The molecule has 0 spiro atoms. The zero-order chi connectivity index (χ0) is 22.6. The third kappa shape index (κ3) is 5.29. The van der Waals surface area contributed by atoms with Gasteiger partial charge in [0.2, 0.25) is 0 Å². The number of halogens is 4. The van der Waals surface area contributed by atoms with Crippen molar-refractivity contribution in [3.63, 3.8) is 0 Å². The minimum atomic E-state index is -3.92. The van der Waals surface area contributed by atoms with Gasteiger partial charge < -0.3 is 9.47 Å². The van der Waals surface area contributed by atoms with Gasteiger partial charge in [0, 0.05) is 12.2 Å². The van der Waals surface area contributed by atoms with E-state index >= 15 is 0 Å². The van der Waals surface area contributed by atoms with Crippen LogP contribution in [0.1, 0.15) is 67.2 Å². The summed E-state index contributed by atoms with van der Waals surface area (Å²) < 4.78 is 68.9. The average Bonchev–Trinajstić information content (AvgIpc) is 2.75. The number of hydrogen-bond donors (Lipinski definition) is 0. The summed E-state index contributed by atoms with van der Waals surface area (Å²) in [7, 11) is 0. The van der Waals surface area contributed by atoms with Gasteiger partial charge in [-0.1, -0.05) is 31.7 Å². The Kier molecular flexibility index (Phi) is 7.42. The molecule has 31 heavy (non-hydrogen) atoms. The van der Waals surface area contributed by atoms with Crippen molar-refractivity contribution >= 4 is 6.08 Å². The van der Waals surface area contributed by atoms with Crippen molar-refractivity contribution in [2.45, 2.75) is 64.1 Å². The SMILES string of the molecule is C=Cc1c(C(F)(F)Oc2ccc(C3CCC(OCCC)CC3)cc2F)ccc(C)c1F. The minimum Gasteiger partial charge on any atom is -0.426 e. The highest BCUT2D eigenvalue weighted by Crippen LogP contribution is 2.39. The predicted octanol–water partition coefficient (Wildman–Crippen LogP) is 7.50. The van der Waals surface area contributed by atoms with Crippen molar-refractivity contribution in [3.8, 4) is 5.75 Å². The Morgan fingerprint density at radius 3 is 2.42 bits per heavy atom. The number of aryl methyl sites for hydroxylation is 1. The zero-order valence-corrected chi connectivity index (χ0v) is 17.9. The van der Waals surface area contributed by atoms with Gasteiger partial charge in [0.25, 0.3) is 0 Å². The number of ether oxygens (including phenoxy) is 2. The molecule has 1 fully saturated rings. The lowest BCUT2D eigenvalue weighted by atomic mass is 9.82. The molecule has 6 heteroatoms. The van der Waals surface area contributed by atoms with Crippen LogP contribution < -0.4 is 4.74 Å². The molecule has 1 aliphatic carbocycles. The lowest BCUT2D eigenvalue weighted by Crippen LogP contribution is -2.24. The molecule has 0 heterocycles. The Hall–Kier alpha value is -2.34. The van der Waals surface area contributed by atoms with Gasteiger partial charge in [0.1, 0.15) is 5.82 Å². The minimum absolute atomic E-state index is 0.157. The topological polar surface area (TPSA) is 18.5 Å². The molecule has 0 unspecified atom stereocenters. The summed E-state index contributed by atoms with van der Waals surface area (Å²) in [6.07, 6.45) is 1.80. The first kappa shape index (κ1) is 23.3. The second-order valence-corrected chi connectivity index (χ2v) is 8.01. The molecule has 2 aromatic rings. The molecule has 1 saturated carbocycles. The van der Waals surface area contributed by atoms with E-state index in [9.17, 15) is 17.6 Å². The number of benzene rings is 2. The maximum atomic E-state index is 14.8. The lowest BCUT2D eigenvalue weighted by molar-refractivity contribution is -0.187. The lowest BCUT2D eigenvalue weighted by Gasteiger charge is -2.29. The van der Waals surface area contributed by atoms with Crippen LogP contribution >= 0.6 is 0 Å². The van der Waals surface area contributed by atoms with Crippen molar-refractivity contribution in [2.75, 3.05) is 6.61 Å². The van der Waals surface area contributed by atoms with Crippen molar-refractivity contribution in [3.05, 3.63) is 70.8 Å². The summed E-state index contributed by atoms with van der Waals surface area (Å²) >= 11 is 0. The van der Waals surface area contributed by atoms with Gasteiger partial charge in [0.15, 0.2) is 11.6 Å². The monoisotopic (exact) mass is 436 g/mol. The standard InChI is InChI=1S/C25H28F4O2/c1-4-14-30-19-10-7-17(8-11-19)18-9-13-23(22(26)15-18)31-25(28,29)21-12-6-16(3)24(27)20(21)5-2/h5-6,9,12-13,15,17,19H,2,4,7-8,10-11,14H2,1,3H3.